The van der Waals surface area contributed by atoms with E-state index < -0.39 is 29.2 Å². The van der Waals surface area contributed by atoms with Crippen LogP contribution in [0.4, 0.5) is 0 Å². The van der Waals surface area contributed by atoms with Crippen molar-refractivity contribution in [1.29, 1.82) is 0 Å². The van der Waals surface area contributed by atoms with Crippen LogP contribution in [-0.2, 0) is 25.6 Å². The Morgan fingerprint density at radius 2 is 1.93 bits per heavy atom. The number of aryl methyl sites for hydroxylation is 1. The minimum Gasteiger partial charge on any atom is -0.478 e. The molecule has 0 radical (unpaired) electrons. The number of carbonyl (C=O) groups is 4. The van der Waals surface area contributed by atoms with Crippen LogP contribution in [0.15, 0.2) is 47.3 Å². The van der Waals surface area contributed by atoms with Crippen molar-refractivity contribution in [3.05, 3.63) is 52.9 Å². The van der Waals surface area contributed by atoms with Gasteiger partial charge in [-0.15, -0.1) is 0 Å². The molecular weight excluding hydrogens is 346 g/mol. The number of hydrogen-bond donors (Lipinski definition) is 1. The zero-order chi connectivity index (χ0) is 20.0. The van der Waals surface area contributed by atoms with E-state index in [-0.39, 0.29) is 16.7 Å². The highest BCUT2D eigenvalue weighted by molar-refractivity contribution is 6.51. The Morgan fingerprint density at radius 3 is 2.56 bits per heavy atom. The number of allylic oxidation sites excluding steroid dienone is 3. The second-order valence-electron chi connectivity index (χ2n) is 6.71. The van der Waals surface area contributed by atoms with Gasteiger partial charge in [-0.1, -0.05) is 12.5 Å². The van der Waals surface area contributed by atoms with Gasteiger partial charge in [0.25, 0.3) is 0 Å². The summed E-state index contributed by atoms with van der Waals surface area (Å²) in [6, 6.07) is 3.88. The summed E-state index contributed by atoms with van der Waals surface area (Å²) in [5.74, 6) is -4.11. The Kier molecular flexibility index (Phi) is 6.93. The molecule has 1 aliphatic rings. The second-order valence-corrected chi connectivity index (χ2v) is 6.71. The molecule has 0 spiro atoms. The summed E-state index contributed by atoms with van der Waals surface area (Å²) >= 11 is 0. The van der Waals surface area contributed by atoms with Gasteiger partial charge in [0.2, 0.25) is 11.6 Å². The maximum atomic E-state index is 12.3. The third-order valence-electron chi connectivity index (χ3n) is 4.75. The van der Waals surface area contributed by atoms with Gasteiger partial charge in [-0.25, -0.2) is 4.79 Å². The lowest BCUT2D eigenvalue weighted by Gasteiger charge is -2.18. The maximum Gasteiger partial charge on any atom is 0.331 e. The third-order valence-corrected chi connectivity index (χ3v) is 4.75. The van der Waals surface area contributed by atoms with E-state index >= 15 is 0 Å². The summed E-state index contributed by atoms with van der Waals surface area (Å²) in [7, 11) is 0. The van der Waals surface area contributed by atoms with Crippen molar-refractivity contribution in [2.45, 2.75) is 46.0 Å². The first-order valence-electron chi connectivity index (χ1n) is 8.99. The highest BCUT2D eigenvalue weighted by Gasteiger charge is 2.36. The fourth-order valence-electron chi connectivity index (χ4n) is 3.00. The van der Waals surface area contributed by atoms with E-state index in [1.54, 1.807) is 6.20 Å². The first-order valence-corrected chi connectivity index (χ1v) is 8.99. The number of carboxylic acids is 1. The average Bonchev–Trinajstić information content (AvgIpc) is 2.66. The van der Waals surface area contributed by atoms with Crippen LogP contribution >= 0.6 is 0 Å². The van der Waals surface area contributed by atoms with Gasteiger partial charge in [0, 0.05) is 29.1 Å². The standard InChI is InChI=1S/C21H23NO5/c1-13-17(18(23)14(2)20(25)19(13)24)11-16(21(26)27)9-5-3-4-7-15-8-6-10-22-12-15/h6,8,10-12,14H,3-5,7,9H2,1-2H3,(H,26,27). The molecule has 1 unspecified atom stereocenters. The topological polar surface area (TPSA) is 101 Å². The Hall–Kier alpha value is -2.89. The summed E-state index contributed by atoms with van der Waals surface area (Å²) in [6.45, 7) is 2.77. The van der Waals surface area contributed by atoms with Crippen molar-refractivity contribution in [3.8, 4) is 0 Å². The van der Waals surface area contributed by atoms with Crippen LogP contribution in [0.3, 0.4) is 0 Å². The number of carbonyl (C=O) groups excluding carboxylic acids is 3. The first kappa shape index (κ1) is 20.4. The Labute approximate surface area is 158 Å². The number of aromatic nitrogens is 1. The molecule has 0 amide bonds. The fraction of sp³-hybridized carbons (Fsp3) is 0.381. The van der Waals surface area contributed by atoms with Crippen molar-refractivity contribution in [2.24, 2.45) is 5.92 Å². The molecule has 0 aliphatic heterocycles. The quantitative estimate of drug-likeness (QED) is 0.327. The summed E-state index contributed by atoms with van der Waals surface area (Å²) in [5, 5.41) is 9.43. The Morgan fingerprint density at radius 1 is 1.19 bits per heavy atom. The van der Waals surface area contributed by atoms with Crippen LogP contribution in [0, 0.1) is 5.92 Å². The lowest BCUT2D eigenvalue weighted by Crippen LogP contribution is -2.35. The monoisotopic (exact) mass is 369 g/mol. The molecule has 0 saturated carbocycles. The number of pyridine rings is 1. The van der Waals surface area contributed by atoms with Crippen molar-refractivity contribution < 1.29 is 24.3 Å². The van der Waals surface area contributed by atoms with E-state index in [1.807, 2.05) is 18.3 Å². The number of aliphatic carboxylic acids is 1. The lowest BCUT2D eigenvalue weighted by atomic mass is 9.81. The molecule has 1 aliphatic carbocycles. The van der Waals surface area contributed by atoms with Crippen molar-refractivity contribution >= 4 is 23.3 Å². The highest BCUT2D eigenvalue weighted by Crippen LogP contribution is 2.24. The summed E-state index contributed by atoms with van der Waals surface area (Å²) in [5.41, 5.74) is 1.28. The molecule has 142 valence electrons. The number of ketones is 3. The molecule has 27 heavy (non-hydrogen) atoms. The number of rotatable bonds is 8. The van der Waals surface area contributed by atoms with Crippen molar-refractivity contribution in [3.63, 3.8) is 0 Å². The molecule has 1 N–H and O–H groups in total. The average molecular weight is 369 g/mol. The molecular formula is C21H23NO5. The zero-order valence-electron chi connectivity index (χ0n) is 15.5. The second kappa shape index (κ2) is 9.16. The largest absolute Gasteiger partial charge is 0.478 e. The molecule has 0 saturated heterocycles. The molecule has 2 rings (SSSR count). The lowest BCUT2D eigenvalue weighted by molar-refractivity contribution is -0.140. The summed E-state index contributed by atoms with van der Waals surface area (Å²) < 4.78 is 0. The van der Waals surface area contributed by atoms with Gasteiger partial charge in [0.1, 0.15) is 0 Å². The maximum absolute atomic E-state index is 12.3. The highest BCUT2D eigenvalue weighted by atomic mass is 16.4. The number of nitrogens with zero attached hydrogens (tertiary/aromatic N) is 1. The van der Waals surface area contributed by atoms with E-state index in [0.717, 1.165) is 24.8 Å². The van der Waals surface area contributed by atoms with Crippen molar-refractivity contribution in [2.75, 3.05) is 0 Å². The van der Waals surface area contributed by atoms with Gasteiger partial charge >= 0.3 is 5.97 Å². The van der Waals surface area contributed by atoms with Gasteiger partial charge in [0.15, 0.2) is 5.78 Å². The van der Waals surface area contributed by atoms with Crippen LogP contribution in [0.2, 0.25) is 0 Å². The SMILES string of the molecule is CC1=C(C=C(CCCCCc2cccnc2)C(=O)O)C(=O)C(C)C(=O)C1=O. The Balaban J connectivity index is 2.02. The van der Waals surface area contributed by atoms with Gasteiger partial charge in [-0.3, -0.25) is 19.4 Å². The van der Waals surface area contributed by atoms with Crippen LogP contribution in [0.25, 0.3) is 0 Å². The molecule has 1 heterocycles. The normalized spacial score (nSPS) is 18.2. The molecule has 6 heteroatoms. The van der Waals surface area contributed by atoms with Crippen LogP contribution in [0.1, 0.15) is 45.1 Å². The molecule has 0 aromatic carbocycles. The minimum atomic E-state index is -1.12. The molecule has 1 aromatic heterocycles. The molecule has 1 atom stereocenters. The van der Waals surface area contributed by atoms with E-state index in [9.17, 15) is 24.3 Å². The van der Waals surface area contributed by atoms with E-state index in [1.165, 1.54) is 19.9 Å². The predicted molar refractivity (Wildman–Crippen MR) is 99.0 cm³/mol. The van der Waals surface area contributed by atoms with Crippen molar-refractivity contribution in [1.82, 2.24) is 4.98 Å². The summed E-state index contributed by atoms with van der Waals surface area (Å²) in [4.78, 5) is 51.6. The smallest absolute Gasteiger partial charge is 0.331 e. The van der Waals surface area contributed by atoms with E-state index in [4.69, 9.17) is 0 Å². The first-order chi connectivity index (χ1) is 12.8. The third kappa shape index (κ3) is 5.06. The molecule has 0 fully saturated rings. The molecule has 6 nitrogen and oxygen atoms in total. The van der Waals surface area contributed by atoms with Gasteiger partial charge in [0.05, 0.1) is 5.92 Å². The van der Waals surface area contributed by atoms with Gasteiger partial charge < -0.3 is 5.11 Å². The number of hydrogen-bond acceptors (Lipinski definition) is 5. The number of unbranched alkanes of at least 4 members (excludes halogenated alkanes) is 2. The van der Waals surface area contributed by atoms with Gasteiger partial charge in [-0.2, -0.15) is 0 Å². The molecule has 1 aromatic rings. The fourth-order valence-corrected chi connectivity index (χ4v) is 3.00. The van der Waals surface area contributed by atoms with Crippen LogP contribution in [0.5, 0.6) is 0 Å². The van der Waals surface area contributed by atoms with Crippen LogP contribution in [-0.4, -0.2) is 33.4 Å². The zero-order valence-corrected chi connectivity index (χ0v) is 15.5. The number of Topliss-reactive ketones (excluding diaryl/α,β-unsaturated/α-hetero) is 3. The van der Waals surface area contributed by atoms with E-state index in [2.05, 4.69) is 4.98 Å². The van der Waals surface area contributed by atoms with Gasteiger partial charge in [-0.05, 0) is 57.2 Å². The molecule has 0 bridgehead atoms. The predicted octanol–water partition coefficient (Wildman–Crippen LogP) is 2.87. The minimum absolute atomic E-state index is 0.0263. The summed E-state index contributed by atoms with van der Waals surface area (Å²) in [6.07, 6.45) is 8.35. The number of carboxylic acid groups (broad SMARTS) is 1. The Bertz CT molecular complexity index is 820. The van der Waals surface area contributed by atoms with Crippen LogP contribution < -0.4 is 0 Å². The van der Waals surface area contributed by atoms with E-state index in [0.29, 0.717) is 12.8 Å².